The number of hydrogen-bond donors (Lipinski definition) is 1. The zero-order valence-electron chi connectivity index (χ0n) is 8.60. The Bertz CT molecular complexity index is 520. The monoisotopic (exact) mass is 222 g/mol. The Balaban J connectivity index is 2.45. The predicted molar refractivity (Wildman–Crippen MR) is 55.2 cm³/mol. The van der Waals surface area contributed by atoms with Gasteiger partial charge in [-0.1, -0.05) is 0 Å². The van der Waals surface area contributed by atoms with Gasteiger partial charge < -0.3 is 18.7 Å². The van der Waals surface area contributed by atoms with Gasteiger partial charge in [-0.25, -0.2) is 4.79 Å². The molecule has 2 rings (SSSR count). The first kappa shape index (κ1) is 10.5. The molecule has 0 saturated heterocycles. The summed E-state index contributed by atoms with van der Waals surface area (Å²) in [4.78, 5) is 10.9. The second-order valence-electron chi connectivity index (χ2n) is 3.09. The molecule has 84 valence electrons. The smallest absolute Gasteiger partial charge is 0.497 e. The number of aliphatic hydroxyl groups is 1. The summed E-state index contributed by atoms with van der Waals surface area (Å²) < 4.78 is 14.5. The van der Waals surface area contributed by atoms with Gasteiger partial charge in [0, 0.05) is 5.56 Å². The maximum Gasteiger partial charge on any atom is 0.519 e. The molecule has 0 fully saturated rings. The van der Waals surface area contributed by atoms with E-state index in [4.69, 9.17) is 14.3 Å². The summed E-state index contributed by atoms with van der Waals surface area (Å²) in [6.45, 7) is -0.382. The molecule has 0 aliphatic carbocycles. The van der Waals surface area contributed by atoms with Gasteiger partial charge in [0.15, 0.2) is 11.5 Å². The number of benzene rings is 1. The van der Waals surface area contributed by atoms with E-state index >= 15 is 0 Å². The highest BCUT2D eigenvalue weighted by molar-refractivity contribution is 5.59. The Hall–Kier alpha value is -2.01. The molecule has 16 heavy (non-hydrogen) atoms. The molecule has 0 bridgehead atoms. The lowest BCUT2D eigenvalue weighted by atomic mass is 10.1. The summed E-state index contributed by atoms with van der Waals surface area (Å²) in [5.74, 6) is 0.236. The second-order valence-corrected chi connectivity index (χ2v) is 3.09. The Labute approximate surface area is 90.9 Å². The number of ether oxygens (including phenoxy) is 1. The molecule has 0 unspecified atom stereocenters. The Kier molecular flexibility index (Phi) is 2.78. The topological polar surface area (TPSA) is 72.8 Å². The lowest BCUT2D eigenvalue weighted by molar-refractivity contribution is 0.241. The summed E-state index contributed by atoms with van der Waals surface area (Å²) in [5.41, 5.74) is 0.649. The summed E-state index contributed by atoms with van der Waals surface area (Å²) in [6, 6.07) is 6.88. The summed E-state index contributed by atoms with van der Waals surface area (Å²) in [6.07, 6.45) is 0. The molecule has 1 aromatic carbocycles. The third-order valence-electron chi connectivity index (χ3n) is 2.14. The molecule has 1 aromatic heterocycles. The van der Waals surface area contributed by atoms with E-state index in [9.17, 15) is 4.79 Å². The van der Waals surface area contributed by atoms with Gasteiger partial charge in [-0.3, -0.25) is 0 Å². The van der Waals surface area contributed by atoms with Gasteiger partial charge in [0.05, 0.1) is 7.11 Å². The van der Waals surface area contributed by atoms with Crippen LogP contribution in [0.5, 0.6) is 5.75 Å². The first-order valence-electron chi connectivity index (χ1n) is 4.62. The molecule has 0 spiro atoms. The van der Waals surface area contributed by atoms with Crippen LogP contribution in [0.3, 0.4) is 0 Å². The fourth-order valence-electron chi connectivity index (χ4n) is 1.37. The van der Waals surface area contributed by atoms with Gasteiger partial charge in [-0.15, -0.1) is 0 Å². The van der Waals surface area contributed by atoms with Crippen molar-refractivity contribution in [2.24, 2.45) is 0 Å². The summed E-state index contributed by atoms with van der Waals surface area (Å²) >= 11 is 0. The van der Waals surface area contributed by atoms with Crippen LogP contribution < -0.4 is 10.6 Å². The number of rotatable bonds is 3. The van der Waals surface area contributed by atoms with Gasteiger partial charge in [-0.05, 0) is 24.3 Å². The Morgan fingerprint density at radius 1 is 1.25 bits per heavy atom. The van der Waals surface area contributed by atoms with E-state index in [-0.39, 0.29) is 18.1 Å². The molecule has 0 radical (unpaired) electrons. The quantitative estimate of drug-likeness (QED) is 0.849. The van der Waals surface area contributed by atoms with Crippen molar-refractivity contribution in [3.05, 3.63) is 40.6 Å². The number of methoxy groups -OCH3 is 1. The van der Waals surface area contributed by atoms with E-state index < -0.39 is 5.82 Å². The lowest BCUT2D eigenvalue weighted by Gasteiger charge is -2.00. The zero-order chi connectivity index (χ0) is 11.5. The molecule has 1 N–H and O–H groups in total. The largest absolute Gasteiger partial charge is 0.519 e. The van der Waals surface area contributed by atoms with Crippen molar-refractivity contribution < 1.29 is 18.7 Å². The molecule has 5 heteroatoms. The van der Waals surface area contributed by atoms with Crippen LogP contribution in [0.1, 0.15) is 5.76 Å². The summed E-state index contributed by atoms with van der Waals surface area (Å²) in [5, 5.41) is 8.98. The summed E-state index contributed by atoms with van der Waals surface area (Å²) in [7, 11) is 1.56. The van der Waals surface area contributed by atoms with Gasteiger partial charge in [-0.2, -0.15) is 0 Å². The number of aliphatic hydroxyl groups excluding tert-OH is 1. The highest BCUT2D eigenvalue weighted by Gasteiger charge is 2.13. The molecule has 2 aromatic rings. The minimum absolute atomic E-state index is 0.121. The van der Waals surface area contributed by atoms with Crippen LogP contribution in [0.4, 0.5) is 0 Å². The van der Waals surface area contributed by atoms with Gasteiger partial charge >= 0.3 is 5.82 Å². The maximum absolute atomic E-state index is 10.9. The third-order valence-corrected chi connectivity index (χ3v) is 2.14. The van der Waals surface area contributed by atoms with Crippen LogP contribution in [0.25, 0.3) is 11.3 Å². The van der Waals surface area contributed by atoms with Crippen molar-refractivity contribution >= 4 is 0 Å². The Morgan fingerprint density at radius 2 is 1.94 bits per heavy atom. The second kappa shape index (κ2) is 4.24. The average molecular weight is 222 g/mol. The molecule has 0 atom stereocenters. The fourth-order valence-corrected chi connectivity index (χ4v) is 1.37. The van der Waals surface area contributed by atoms with Crippen LogP contribution >= 0.6 is 0 Å². The highest BCUT2D eigenvalue weighted by Crippen LogP contribution is 2.24. The average Bonchev–Trinajstić information content (AvgIpc) is 2.70. The molecule has 0 aliphatic rings. The SMILES string of the molecule is COc1ccc(-c2oc(=O)oc2CO)cc1. The first-order chi connectivity index (χ1) is 7.74. The molecule has 0 aliphatic heterocycles. The van der Waals surface area contributed by atoms with E-state index in [0.29, 0.717) is 11.3 Å². The van der Waals surface area contributed by atoms with Gasteiger partial charge in [0.2, 0.25) is 0 Å². The van der Waals surface area contributed by atoms with E-state index in [1.807, 2.05) is 0 Å². The van der Waals surface area contributed by atoms with Crippen molar-refractivity contribution in [2.75, 3.05) is 7.11 Å². The van der Waals surface area contributed by atoms with E-state index in [2.05, 4.69) is 4.42 Å². The van der Waals surface area contributed by atoms with E-state index in [0.717, 1.165) is 0 Å². The van der Waals surface area contributed by atoms with Crippen molar-refractivity contribution in [1.82, 2.24) is 0 Å². The molecular formula is C11H10O5. The van der Waals surface area contributed by atoms with Crippen LogP contribution in [-0.2, 0) is 6.61 Å². The van der Waals surface area contributed by atoms with Crippen LogP contribution in [0.15, 0.2) is 37.9 Å². The van der Waals surface area contributed by atoms with Crippen molar-refractivity contribution in [2.45, 2.75) is 6.61 Å². The van der Waals surface area contributed by atoms with E-state index in [1.165, 1.54) is 0 Å². The van der Waals surface area contributed by atoms with Crippen LogP contribution in [0.2, 0.25) is 0 Å². The Morgan fingerprint density at radius 3 is 2.50 bits per heavy atom. The minimum atomic E-state index is -0.824. The first-order valence-corrected chi connectivity index (χ1v) is 4.62. The minimum Gasteiger partial charge on any atom is -0.497 e. The molecular weight excluding hydrogens is 212 g/mol. The number of hydrogen-bond acceptors (Lipinski definition) is 5. The van der Waals surface area contributed by atoms with Gasteiger partial charge in [0.1, 0.15) is 12.4 Å². The van der Waals surface area contributed by atoms with E-state index in [1.54, 1.807) is 31.4 Å². The molecule has 5 nitrogen and oxygen atoms in total. The van der Waals surface area contributed by atoms with Crippen LogP contribution in [0, 0.1) is 0 Å². The zero-order valence-corrected chi connectivity index (χ0v) is 8.60. The molecule has 0 amide bonds. The molecule has 0 saturated carbocycles. The third kappa shape index (κ3) is 1.85. The van der Waals surface area contributed by atoms with Crippen LogP contribution in [-0.4, -0.2) is 12.2 Å². The van der Waals surface area contributed by atoms with Gasteiger partial charge in [0.25, 0.3) is 0 Å². The maximum atomic E-state index is 10.9. The van der Waals surface area contributed by atoms with Crippen molar-refractivity contribution in [3.63, 3.8) is 0 Å². The normalized spacial score (nSPS) is 10.4. The predicted octanol–water partition coefficient (Wildman–Crippen LogP) is 1.40. The highest BCUT2D eigenvalue weighted by atomic mass is 16.6. The van der Waals surface area contributed by atoms with Crippen molar-refractivity contribution in [1.29, 1.82) is 0 Å². The van der Waals surface area contributed by atoms with Crippen molar-refractivity contribution in [3.8, 4) is 17.1 Å². The standard InChI is InChI=1S/C11H10O5/c1-14-8-4-2-7(3-5-8)10-9(6-12)15-11(13)16-10/h2-5,12H,6H2,1H3. The fraction of sp³-hybridized carbons (Fsp3) is 0.182. The molecule has 1 heterocycles. The lowest BCUT2D eigenvalue weighted by Crippen LogP contribution is -1.86.